The number of thioether (sulfide) groups is 1. The van der Waals surface area contributed by atoms with Crippen LogP contribution in [-0.4, -0.2) is 32.7 Å². The average Bonchev–Trinajstić information content (AvgIpc) is 2.60. The molecule has 0 radical (unpaired) electrons. The predicted molar refractivity (Wildman–Crippen MR) is 97.3 cm³/mol. The summed E-state index contributed by atoms with van der Waals surface area (Å²) in [6, 6.07) is 18.7. The second-order valence-electron chi connectivity index (χ2n) is 5.83. The van der Waals surface area contributed by atoms with Crippen molar-refractivity contribution in [2.45, 2.75) is 29.0 Å². The molecule has 6 heteroatoms. The lowest BCUT2D eigenvalue weighted by molar-refractivity contribution is -0.159. The maximum Gasteiger partial charge on any atom is 0.340 e. The van der Waals surface area contributed by atoms with Crippen LogP contribution in [-0.2, 0) is 15.8 Å². The molecule has 4 nitrogen and oxygen atoms in total. The Hall–Kier alpha value is -1.68. The minimum atomic E-state index is -2.11. The topological polar surface area (TPSA) is 74.6 Å². The van der Waals surface area contributed by atoms with Crippen LogP contribution in [0.4, 0.5) is 0 Å². The molecule has 24 heavy (non-hydrogen) atoms. The molecule has 2 rings (SSSR count). The summed E-state index contributed by atoms with van der Waals surface area (Å²) in [6.07, 6.45) is 0.217. The van der Waals surface area contributed by atoms with Crippen LogP contribution in [0.3, 0.4) is 0 Å². The Kier molecular flexibility index (Phi) is 6.16. The fraction of sp³-hybridized carbons (Fsp3) is 0.278. The predicted octanol–water partition coefficient (Wildman–Crippen LogP) is 3.62. The van der Waals surface area contributed by atoms with Crippen molar-refractivity contribution in [1.29, 1.82) is 0 Å². The van der Waals surface area contributed by atoms with Gasteiger partial charge >= 0.3 is 14.4 Å². The molecule has 0 saturated heterocycles. The number of carbonyl (C=O) groups is 1. The Bertz CT molecular complexity index is 691. The van der Waals surface area contributed by atoms with Crippen molar-refractivity contribution in [3.05, 3.63) is 66.2 Å². The Labute approximate surface area is 147 Å². The van der Waals surface area contributed by atoms with E-state index in [2.05, 4.69) is 0 Å². The molecule has 0 aliphatic carbocycles. The molecule has 3 atom stereocenters. The third-order valence-corrected chi connectivity index (χ3v) is 6.85. The average molecular weight is 363 g/mol. The first-order valence-corrected chi connectivity index (χ1v) is 9.37. The van der Waals surface area contributed by atoms with Gasteiger partial charge in [0, 0.05) is 11.3 Å². The second-order valence-corrected chi connectivity index (χ2v) is 8.04. The van der Waals surface area contributed by atoms with Crippen LogP contribution in [0.25, 0.3) is 0 Å². The van der Waals surface area contributed by atoms with E-state index in [0.29, 0.717) is 0 Å². The van der Waals surface area contributed by atoms with E-state index in [-0.39, 0.29) is 12.2 Å². The highest BCUT2D eigenvalue weighted by Crippen LogP contribution is 2.42. The highest BCUT2D eigenvalue weighted by Gasteiger charge is 2.59. The van der Waals surface area contributed by atoms with Crippen LogP contribution in [0.15, 0.2) is 65.6 Å². The van der Waals surface area contributed by atoms with E-state index < -0.39 is 25.2 Å². The van der Waals surface area contributed by atoms with Crippen LogP contribution in [0, 0.1) is 0 Å². The van der Waals surface area contributed by atoms with Gasteiger partial charge in [-0.2, -0.15) is 0 Å². The number of rotatable bonds is 8. The van der Waals surface area contributed by atoms with Gasteiger partial charge in [0.1, 0.15) is 0 Å². The van der Waals surface area contributed by atoms with E-state index in [9.17, 15) is 19.6 Å². The van der Waals surface area contributed by atoms with Crippen molar-refractivity contribution in [3.63, 3.8) is 0 Å². The smallest absolute Gasteiger partial charge is 0.340 e. The van der Waals surface area contributed by atoms with Crippen molar-refractivity contribution < 1.29 is 19.6 Å². The molecule has 0 heterocycles. The van der Waals surface area contributed by atoms with Gasteiger partial charge in [0.25, 0.3) is 0 Å². The maximum absolute atomic E-state index is 12.1. The number of aliphatic carboxylic acids is 1. The summed E-state index contributed by atoms with van der Waals surface area (Å²) in [5.74, 6) is -1.14. The summed E-state index contributed by atoms with van der Waals surface area (Å²) in [7, 11) is -0.961. The second kappa shape index (κ2) is 7.93. The SMILES string of the molecule is CC(O)(C(=O)O)C(CSc1ccccc1)(Cc1ccccc1)[PH+]=O. The van der Waals surface area contributed by atoms with E-state index in [1.165, 1.54) is 18.7 Å². The zero-order chi connectivity index (χ0) is 17.6. The van der Waals surface area contributed by atoms with Crippen LogP contribution >= 0.6 is 20.2 Å². The van der Waals surface area contributed by atoms with E-state index in [4.69, 9.17) is 0 Å². The Morgan fingerprint density at radius 2 is 1.62 bits per heavy atom. The molecule has 0 fully saturated rings. The molecule has 0 spiro atoms. The number of hydrogen-bond donors (Lipinski definition) is 2. The summed E-state index contributed by atoms with van der Waals surface area (Å²) in [4.78, 5) is 12.6. The minimum Gasteiger partial charge on any atom is -0.479 e. The van der Waals surface area contributed by atoms with Gasteiger partial charge in [0.2, 0.25) is 10.8 Å². The summed E-state index contributed by atoms with van der Waals surface area (Å²) < 4.78 is 12.1. The van der Waals surface area contributed by atoms with Gasteiger partial charge in [-0.3, -0.25) is 0 Å². The summed E-state index contributed by atoms with van der Waals surface area (Å²) >= 11 is 1.40. The van der Waals surface area contributed by atoms with E-state index in [1.54, 1.807) is 0 Å². The van der Waals surface area contributed by atoms with Gasteiger partial charge in [-0.15, -0.1) is 11.8 Å². The van der Waals surface area contributed by atoms with Crippen LogP contribution < -0.4 is 0 Å². The molecule has 2 N–H and O–H groups in total. The normalized spacial score (nSPS) is 16.2. The molecule has 0 aromatic heterocycles. The third kappa shape index (κ3) is 4.04. The zero-order valence-electron chi connectivity index (χ0n) is 13.3. The van der Waals surface area contributed by atoms with Gasteiger partial charge in [0.15, 0.2) is 0 Å². The molecule has 0 amide bonds. The van der Waals surface area contributed by atoms with Gasteiger partial charge < -0.3 is 10.2 Å². The number of hydrogen-bond acceptors (Lipinski definition) is 4. The third-order valence-electron chi connectivity index (χ3n) is 4.12. The first-order valence-electron chi connectivity index (χ1n) is 7.48. The molecule has 0 bridgehead atoms. The van der Waals surface area contributed by atoms with Crippen LogP contribution in [0.1, 0.15) is 12.5 Å². The number of aliphatic hydroxyl groups is 1. The Morgan fingerprint density at radius 3 is 2.12 bits per heavy atom. The largest absolute Gasteiger partial charge is 0.479 e. The van der Waals surface area contributed by atoms with E-state index >= 15 is 0 Å². The first kappa shape index (κ1) is 18.7. The fourth-order valence-electron chi connectivity index (χ4n) is 2.40. The Balaban J connectivity index is 2.35. The summed E-state index contributed by atoms with van der Waals surface area (Å²) in [5, 5.41) is 18.8. The monoisotopic (exact) mass is 363 g/mol. The highest BCUT2D eigenvalue weighted by atomic mass is 32.2. The lowest BCUT2D eigenvalue weighted by Crippen LogP contribution is -2.56. The van der Waals surface area contributed by atoms with Crippen molar-refractivity contribution >= 4 is 26.2 Å². The molecule has 3 unspecified atom stereocenters. The lowest BCUT2D eigenvalue weighted by atomic mass is 9.84. The molecular weight excluding hydrogens is 343 g/mol. The summed E-state index contributed by atoms with van der Waals surface area (Å²) in [5.41, 5.74) is -1.26. The van der Waals surface area contributed by atoms with Gasteiger partial charge in [-0.1, -0.05) is 53.1 Å². The van der Waals surface area contributed by atoms with Crippen molar-refractivity contribution in [2.24, 2.45) is 0 Å². The van der Waals surface area contributed by atoms with Gasteiger partial charge in [-0.25, -0.2) is 4.79 Å². The zero-order valence-corrected chi connectivity index (χ0v) is 15.1. The van der Waals surface area contributed by atoms with E-state index in [1.807, 2.05) is 60.7 Å². The quantitative estimate of drug-likeness (QED) is 0.553. The first-order chi connectivity index (χ1) is 11.4. The lowest BCUT2D eigenvalue weighted by Gasteiger charge is -2.32. The molecule has 0 saturated carbocycles. The number of benzene rings is 2. The van der Waals surface area contributed by atoms with Crippen molar-refractivity contribution in [2.75, 3.05) is 5.75 Å². The highest BCUT2D eigenvalue weighted by molar-refractivity contribution is 7.99. The van der Waals surface area contributed by atoms with Gasteiger partial charge in [0.05, 0.1) is 5.75 Å². The fourth-order valence-corrected chi connectivity index (χ4v) is 4.58. The maximum atomic E-state index is 12.1. The minimum absolute atomic E-state index is 0.217. The molecule has 0 aliphatic rings. The van der Waals surface area contributed by atoms with Crippen molar-refractivity contribution in [1.82, 2.24) is 0 Å². The molecule has 0 aliphatic heterocycles. The molecule has 126 valence electrons. The molecular formula is C18H20O4PS+. The Morgan fingerprint density at radius 1 is 1.08 bits per heavy atom. The summed E-state index contributed by atoms with van der Waals surface area (Å²) in [6.45, 7) is 1.23. The number of carboxylic acids is 1. The van der Waals surface area contributed by atoms with Crippen LogP contribution in [0.5, 0.6) is 0 Å². The van der Waals surface area contributed by atoms with Crippen molar-refractivity contribution in [3.8, 4) is 0 Å². The molecule has 2 aromatic carbocycles. The van der Waals surface area contributed by atoms with Crippen LogP contribution in [0.2, 0.25) is 0 Å². The number of carboxylic acid groups (broad SMARTS) is 1. The molecule has 2 aromatic rings. The van der Waals surface area contributed by atoms with Gasteiger partial charge in [-0.05, 0) is 24.6 Å². The van der Waals surface area contributed by atoms with E-state index in [0.717, 1.165) is 10.5 Å². The standard InChI is InChI=1S/C18H19O4PS/c1-17(21,16(19)20)18(23-22,12-14-8-4-2-5-9-14)13-24-15-10-6-3-7-11-15/h2-11,21H,12-13H2,1H3,(H,19,20)/p+1.